The molecule has 110 valence electrons. The molecule has 1 fully saturated rings. The second-order valence-corrected chi connectivity index (χ2v) is 5.04. The molecule has 0 radical (unpaired) electrons. The van der Waals surface area contributed by atoms with Gasteiger partial charge in [-0.3, -0.25) is 14.9 Å². The Bertz CT molecular complexity index is 692. The number of carbonyl (C=O) groups is 1. The molecule has 0 atom stereocenters. The van der Waals surface area contributed by atoms with Gasteiger partial charge >= 0.3 is 0 Å². The smallest absolute Gasteiger partial charge is 0.271 e. The third kappa shape index (κ3) is 3.10. The van der Waals surface area contributed by atoms with Crippen LogP contribution in [0.3, 0.4) is 0 Å². The summed E-state index contributed by atoms with van der Waals surface area (Å²) in [4.78, 5) is 28.9. The maximum Gasteiger partial charge on any atom is 0.271 e. The Kier molecular flexibility index (Phi) is 3.43. The summed E-state index contributed by atoms with van der Waals surface area (Å²) >= 11 is 0. The predicted octanol–water partition coefficient (Wildman–Crippen LogP) is 1.41. The molecule has 21 heavy (non-hydrogen) atoms. The van der Waals surface area contributed by atoms with E-state index in [0.29, 0.717) is 30.1 Å². The number of nitro benzene ring substituents is 1. The van der Waals surface area contributed by atoms with Crippen molar-refractivity contribution < 1.29 is 9.72 Å². The van der Waals surface area contributed by atoms with Crippen molar-refractivity contribution in [3.63, 3.8) is 0 Å². The van der Waals surface area contributed by atoms with E-state index < -0.39 is 4.92 Å². The average molecular weight is 289 g/mol. The SMILES string of the molecule is O=C(NCCNc1nc2ccc([N+](=O)[O-])cc2[nH]1)C1CC1. The Morgan fingerprint density at radius 2 is 2.24 bits per heavy atom. The number of nitrogens with one attached hydrogen (secondary N) is 3. The van der Waals surface area contributed by atoms with Crippen molar-refractivity contribution in [2.45, 2.75) is 12.8 Å². The number of aromatic amines is 1. The topological polar surface area (TPSA) is 113 Å². The molecular weight excluding hydrogens is 274 g/mol. The largest absolute Gasteiger partial charge is 0.354 e. The van der Waals surface area contributed by atoms with Crippen LogP contribution < -0.4 is 10.6 Å². The van der Waals surface area contributed by atoms with Crippen LogP contribution in [-0.2, 0) is 4.79 Å². The minimum atomic E-state index is -0.444. The number of benzene rings is 1. The summed E-state index contributed by atoms with van der Waals surface area (Å²) in [6, 6.07) is 4.47. The number of H-pyrrole nitrogens is 1. The fourth-order valence-electron chi connectivity index (χ4n) is 2.05. The Morgan fingerprint density at radius 1 is 1.43 bits per heavy atom. The van der Waals surface area contributed by atoms with E-state index in [1.165, 1.54) is 12.1 Å². The monoisotopic (exact) mass is 289 g/mol. The van der Waals surface area contributed by atoms with Gasteiger partial charge in [0.2, 0.25) is 11.9 Å². The maximum atomic E-state index is 11.4. The van der Waals surface area contributed by atoms with Crippen LogP contribution >= 0.6 is 0 Å². The number of fused-ring (bicyclic) bond motifs is 1. The molecular formula is C13H15N5O3. The normalized spacial score (nSPS) is 14.1. The lowest BCUT2D eigenvalue weighted by Gasteiger charge is -2.04. The van der Waals surface area contributed by atoms with Crippen molar-refractivity contribution >= 4 is 28.6 Å². The maximum absolute atomic E-state index is 11.4. The Morgan fingerprint density at radius 3 is 2.95 bits per heavy atom. The van der Waals surface area contributed by atoms with E-state index in [1.54, 1.807) is 6.07 Å². The van der Waals surface area contributed by atoms with Crippen LogP contribution in [0.5, 0.6) is 0 Å². The van der Waals surface area contributed by atoms with E-state index in [4.69, 9.17) is 0 Å². The molecule has 0 spiro atoms. The molecule has 0 saturated heterocycles. The molecule has 1 heterocycles. The zero-order chi connectivity index (χ0) is 14.8. The molecule has 0 bridgehead atoms. The molecule has 3 rings (SSSR count). The van der Waals surface area contributed by atoms with E-state index in [-0.39, 0.29) is 17.5 Å². The third-order valence-electron chi connectivity index (χ3n) is 3.34. The summed E-state index contributed by atoms with van der Waals surface area (Å²) in [5, 5.41) is 16.6. The molecule has 1 aliphatic rings. The van der Waals surface area contributed by atoms with Crippen LogP contribution in [0.2, 0.25) is 0 Å². The van der Waals surface area contributed by atoms with Crippen LogP contribution in [-0.4, -0.2) is 33.9 Å². The number of carbonyl (C=O) groups excluding carboxylic acids is 1. The third-order valence-corrected chi connectivity index (χ3v) is 3.34. The Labute approximate surface area is 120 Å². The molecule has 1 aliphatic carbocycles. The van der Waals surface area contributed by atoms with E-state index in [2.05, 4.69) is 20.6 Å². The van der Waals surface area contributed by atoms with Gasteiger partial charge in [0, 0.05) is 31.1 Å². The van der Waals surface area contributed by atoms with Gasteiger partial charge in [-0.25, -0.2) is 4.98 Å². The molecule has 0 aliphatic heterocycles. The van der Waals surface area contributed by atoms with Crippen LogP contribution in [0.1, 0.15) is 12.8 Å². The molecule has 1 saturated carbocycles. The van der Waals surface area contributed by atoms with E-state index in [0.717, 1.165) is 12.8 Å². The van der Waals surface area contributed by atoms with Crippen LogP contribution in [0.25, 0.3) is 11.0 Å². The fraction of sp³-hybridized carbons (Fsp3) is 0.385. The predicted molar refractivity (Wildman–Crippen MR) is 77.0 cm³/mol. The summed E-state index contributed by atoms with van der Waals surface area (Å²) < 4.78 is 0. The summed E-state index contributed by atoms with van der Waals surface area (Å²) in [5.41, 5.74) is 1.29. The quantitative estimate of drug-likeness (QED) is 0.423. The zero-order valence-electron chi connectivity index (χ0n) is 11.3. The highest BCUT2D eigenvalue weighted by Gasteiger charge is 2.28. The molecule has 1 amide bonds. The standard InChI is InChI=1S/C13H15N5O3/c19-12(8-1-2-8)14-5-6-15-13-16-10-4-3-9(18(20)21)7-11(10)17-13/h3-4,7-8H,1-2,5-6H2,(H,14,19)(H2,15,16,17). The number of hydrogen-bond acceptors (Lipinski definition) is 5. The lowest BCUT2D eigenvalue weighted by Crippen LogP contribution is -2.29. The first-order chi connectivity index (χ1) is 10.1. The minimum absolute atomic E-state index is 0.0226. The first-order valence-electron chi connectivity index (χ1n) is 6.79. The number of hydrogen-bond donors (Lipinski definition) is 3. The van der Waals surface area contributed by atoms with Crippen molar-refractivity contribution in [3.05, 3.63) is 28.3 Å². The highest BCUT2D eigenvalue weighted by molar-refractivity contribution is 5.81. The highest BCUT2D eigenvalue weighted by atomic mass is 16.6. The summed E-state index contributed by atoms with van der Waals surface area (Å²) in [6.07, 6.45) is 1.98. The van der Waals surface area contributed by atoms with Gasteiger partial charge in [0.1, 0.15) is 0 Å². The second kappa shape index (κ2) is 5.39. The lowest BCUT2D eigenvalue weighted by atomic mass is 10.3. The summed E-state index contributed by atoms with van der Waals surface area (Å²) in [7, 11) is 0. The highest BCUT2D eigenvalue weighted by Crippen LogP contribution is 2.28. The fourth-order valence-corrected chi connectivity index (χ4v) is 2.05. The number of nitro groups is 1. The van der Waals surface area contributed by atoms with Crippen LogP contribution in [0.15, 0.2) is 18.2 Å². The van der Waals surface area contributed by atoms with E-state index >= 15 is 0 Å². The van der Waals surface area contributed by atoms with Gasteiger partial charge in [-0.05, 0) is 18.9 Å². The number of aromatic nitrogens is 2. The molecule has 8 nitrogen and oxygen atoms in total. The molecule has 1 aromatic heterocycles. The first kappa shape index (κ1) is 13.3. The van der Waals surface area contributed by atoms with E-state index in [9.17, 15) is 14.9 Å². The first-order valence-corrected chi connectivity index (χ1v) is 6.79. The number of imidazole rings is 1. The van der Waals surface area contributed by atoms with Gasteiger partial charge < -0.3 is 15.6 Å². The number of amides is 1. The van der Waals surface area contributed by atoms with Crippen molar-refractivity contribution in [1.82, 2.24) is 15.3 Å². The summed E-state index contributed by atoms with van der Waals surface area (Å²) in [6.45, 7) is 1.06. The van der Waals surface area contributed by atoms with Gasteiger partial charge in [0.05, 0.1) is 16.0 Å². The summed E-state index contributed by atoms with van der Waals surface area (Å²) in [5.74, 6) is 0.847. The van der Waals surface area contributed by atoms with Gasteiger partial charge in [-0.15, -0.1) is 0 Å². The van der Waals surface area contributed by atoms with Crippen molar-refractivity contribution in [2.75, 3.05) is 18.4 Å². The van der Waals surface area contributed by atoms with Crippen LogP contribution in [0, 0.1) is 16.0 Å². The van der Waals surface area contributed by atoms with Gasteiger partial charge in [-0.2, -0.15) is 0 Å². The number of nitrogens with zero attached hydrogens (tertiary/aromatic N) is 2. The Balaban J connectivity index is 1.56. The minimum Gasteiger partial charge on any atom is -0.354 e. The van der Waals surface area contributed by atoms with E-state index in [1.807, 2.05) is 0 Å². The Hall–Kier alpha value is -2.64. The number of rotatable bonds is 6. The average Bonchev–Trinajstić information content (AvgIpc) is 3.23. The molecule has 8 heteroatoms. The zero-order valence-corrected chi connectivity index (χ0v) is 11.3. The van der Waals surface area contributed by atoms with Gasteiger partial charge in [0.15, 0.2) is 0 Å². The second-order valence-electron chi connectivity index (χ2n) is 5.04. The van der Waals surface area contributed by atoms with Gasteiger partial charge in [0.25, 0.3) is 5.69 Å². The molecule has 0 unspecified atom stereocenters. The molecule has 1 aromatic carbocycles. The van der Waals surface area contributed by atoms with Crippen molar-refractivity contribution in [1.29, 1.82) is 0 Å². The molecule has 2 aromatic rings. The lowest BCUT2D eigenvalue weighted by molar-refractivity contribution is -0.384. The van der Waals surface area contributed by atoms with Crippen LogP contribution in [0.4, 0.5) is 11.6 Å². The van der Waals surface area contributed by atoms with Crippen molar-refractivity contribution in [3.8, 4) is 0 Å². The number of non-ortho nitro benzene ring substituents is 1. The number of anilines is 1. The van der Waals surface area contributed by atoms with Crippen molar-refractivity contribution in [2.24, 2.45) is 5.92 Å². The molecule has 3 N–H and O–H groups in total. The van der Waals surface area contributed by atoms with Gasteiger partial charge in [-0.1, -0.05) is 0 Å².